The molecule has 0 spiro atoms. The predicted octanol–water partition coefficient (Wildman–Crippen LogP) is 3.81. The Morgan fingerprint density at radius 2 is 1.84 bits per heavy atom. The van der Waals surface area contributed by atoms with Crippen molar-refractivity contribution in [1.29, 1.82) is 0 Å². The molecule has 0 saturated heterocycles. The standard InChI is InChI=1S/C20H32N2O2.ClH/c1-22(14-6-7-17-8-10-18(24-2)11-9-17)19(23)15-20(16-21)12-4-3-5-13-20;/h8-11H,3-7,12-16,21H2,1-2H3;1H. The van der Waals surface area contributed by atoms with Crippen molar-refractivity contribution in [3.8, 4) is 5.75 Å². The van der Waals surface area contributed by atoms with Crippen molar-refractivity contribution in [3.05, 3.63) is 29.8 Å². The summed E-state index contributed by atoms with van der Waals surface area (Å²) in [6.45, 7) is 1.43. The number of halogens is 1. The number of amides is 1. The summed E-state index contributed by atoms with van der Waals surface area (Å²) in [4.78, 5) is 14.4. The summed E-state index contributed by atoms with van der Waals surface area (Å²) in [5, 5.41) is 0. The lowest BCUT2D eigenvalue weighted by molar-refractivity contribution is -0.133. The van der Waals surface area contributed by atoms with Crippen LogP contribution in [0.15, 0.2) is 24.3 Å². The van der Waals surface area contributed by atoms with Crippen molar-refractivity contribution in [2.24, 2.45) is 11.1 Å². The van der Waals surface area contributed by atoms with Crippen LogP contribution in [0.4, 0.5) is 0 Å². The molecule has 0 aliphatic heterocycles. The Hall–Kier alpha value is -1.26. The minimum Gasteiger partial charge on any atom is -0.497 e. The van der Waals surface area contributed by atoms with Gasteiger partial charge in [-0.25, -0.2) is 0 Å². The molecule has 0 atom stereocenters. The topological polar surface area (TPSA) is 55.6 Å². The molecule has 1 saturated carbocycles. The number of carbonyl (C=O) groups is 1. The molecule has 25 heavy (non-hydrogen) atoms. The number of nitrogens with two attached hydrogens (primary N) is 1. The van der Waals surface area contributed by atoms with Gasteiger partial charge in [0.1, 0.15) is 5.75 Å². The van der Waals surface area contributed by atoms with Crippen LogP contribution in [0.5, 0.6) is 5.75 Å². The summed E-state index contributed by atoms with van der Waals surface area (Å²) in [5.74, 6) is 1.13. The molecular formula is C20H33ClN2O2. The molecule has 1 amide bonds. The lowest BCUT2D eigenvalue weighted by atomic mass is 9.71. The van der Waals surface area contributed by atoms with E-state index in [1.54, 1.807) is 7.11 Å². The zero-order chi connectivity index (χ0) is 17.4. The Balaban J connectivity index is 0.00000312. The summed E-state index contributed by atoms with van der Waals surface area (Å²) in [7, 11) is 3.60. The first kappa shape index (κ1) is 21.8. The van der Waals surface area contributed by atoms with Gasteiger partial charge >= 0.3 is 0 Å². The van der Waals surface area contributed by atoms with E-state index in [-0.39, 0.29) is 23.7 Å². The van der Waals surface area contributed by atoms with Crippen molar-refractivity contribution in [2.75, 3.05) is 27.2 Å². The molecule has 0 aromatic heterocycles. The molecule has 5 heteroatoms. The molecule has 1 aromatic rings. The smallest absolute Gasteiger partial charge is 0.222 e. The fourth-order valence-corrected chi connectivity index (χ4v) is 3.65. The fourth-order valence-electron chi connectivity index (χ4n) is 3.65. The van der Waals surface area contributed by atoms with E-state index < -0.39 is 0 Å². The SMILES string of the molecule is COc1ccc(CCCN(C)C(=O)CC2(CN)CCCCC2)cc1.Cl. The normalized spacial score (nSPS) is 16.0. The first-order valence-corrected chi connectivity index (χ1v) is 9.15. The Morgan fingerprint density at radius 1 is 1.20 bits per heavy atom. The van der Waals surface area contributed by atoms with E-state index in [1.807, 2.05) is 24.1 Å². The average molecular weight is 369 g/mol. The van der Waals surface area contributed by atoms with Crippen LogP contribution in [0.25, 0.3) is 0 Å². The highest BCUT2D eigenvalue weighted by Crippen LogP contribution is 2.38. The van der Waals surface area contributed by atoms with Crippen molar-refractivity contribution in [1.82, 2.24) is 4.90 Å². The minimum absolute atomic E-state index is 0. The maximum absolute atomic E-state index is 12.6. The van der Waals surface area contributed by atoms with Gasteiger partial charge in [0.15, 0.2) is 0 Å². The maximum Gasteiger partial charge on any atom is 0.222 e. The van der Waals surface area contributed by atoms with Gasteiger partial charge in [0.2, 0.25) is 5.91 Å². The third-order valence-corrected chi connectivity index (χ3v) is 5.42. The molecule has 0 heterocycles. The summed E-state index contributed by atoms with van der Waals surface area (Å²) >= 11 is 0. The van der Waals surface area contributed by atoms with Gasteiger partial charge < -0.3 is 15.4 Å². The highest BCUT2D eigenvalue weighted by molar-refractivity contribution is 5.85. The molecule has 4 nitrogen and oxygen atoms in total. The van der Waals surface area contributed by atoms with Crippen LogP contribution >= 0.6 is 12.4 Å². The van der Waals surface area contributed by atoms with E-state index in [1.165, 1.54) is 24.8 Å². The quantitative estimate of drug-likeness (QED) is 0.759. The first-order chi connectivity index (χ1) is 11.6. The molecule has 1 aromatic carbocycles. The van der Waals surface area contributed by atoms with Gasteiger partial charge in [0.25, 0.3) is 0 Å². The van der Waals surface area contributed by atoms with Crippen LogP contribution in [-0.4, -0.2) is 38.1 Å². The van der Waals surface area contributed by atoms with Gasteiger partial charge in [-0.15, -0.1) is 12.4 Å². The molecule has 2 N–H and O–H groups in total. The lowest BCUT2D eigenvalue weighted by Gasteiger charge is -2.36. The van der Waals surface area contributed by atoms with Crippen LogP contribution in [0.1, 0.15) is 50.5 Å². The Kier molecular flexibility index (Phi) is 9.30. The largest absolute Gasteiger partial charge is 0.497 e. The number of methoxy groups -OCH3 is 1. The first-order valence-electron chi connectivity index (χ1n) is 9.15. The second kappa shape index (κ2) is 10.7. The van der Waals surface area contributed by atoms with Gasteiger partial charge in [-0.3, -0.25) is 4.79 Å². The maximum atomic E-state index is 12.6. The number of nitrogens with zero attached hydrogens (tertiary/aromatic N) is 1. The molecule has 1 aliphatic rings. The van der Waals surface area contributed by atoms with E-state index in [9.17, 15) is 4.79 Å². The van der Waals surface area contributed by atoms with Crippen LogP contribution < -0.4 is 10.5 Å². The summed E-state index contributed by atoms with van der Waals surface area (Å²) < 4.78 is 5.17. The highest BCUT2D eigenvalue weighted by Gasteiger charge is 2.33. The summed E-state index contributed by atoms with van der Waals surface area (Å²) in [6.07, 6.45) is 8.49. The summed E-state index contributed by atoms with van der Waals surface area (Å²) in [5.41, 5.74) is 7.34. The summed E-state index contributed by atoms with van der Waals surface area (Å²) in [6, 6.07) is 8.15. The van der Waals surface area contributed by atoms with Gasteiger partial charge in [-0.2, -0.15) is 0 Å². The number of aryl methyl sites for hydroxylation is 1. The number of carbonyl (C=O) groups excluding carboxylic acids is 1. The van der Waals surface area contributed by atoms with E-state index in [0.29, 0.717) is 13.0 Å². The number of rotatable bonds is 8. The molecule has 0 bridgehead atoms. The van der Waals surface area contributed by atoms with E-state index in [0.717, 1.165) is 38.0 Å². The van der Waals surface area contributed by atoms with E-state index >= 15 is 0 Å². The van der Waals surface area contributed by atoms with Gasteiger partial charge in [-0.05, 0) is 55.3 Å². The molecule has 142 valence electrons. The van der Waals surface area contributed by atoms with Crippen molar-refractivity contribution in [3.63, 3.8) is 0 Å². The molecule has 0 unspecified atom stereocenters. The van der Waals surface area contributed by atoms with Crippen molar-refractivity contribution >= 4 is 18.3 Å². The average Bonchev–Trinajstić information content (AvgIpc) is 2.63. The van der Waals surface area contributed by atoms with E-state index in [4.69, 9.17) is 10.5 Å². The Labute approximate surface area is 158 Å². The molecular weight excluding hydrogens is 336 g/mol. The third-order valence-electron chi connectivity index (χ3n) is 5.42. The zero-order valence-corrected chi connectivity index (χ0v) is 16.4. The number of ether oxygens (including phenoxy) is 1. The highest BCUT2D eigenvalue weighted by atomic mass is 35.5. The molecule has 2 rings (SSSR count). The third kappa shape index (κ3) is 6.52. The Morgan fingerprint density at radius 3 is 2.40 bits per heavy atom. The van der Waals surface area contributed by atoms with Crippen LogP contribution in [0.2, 0.25) is 0 Å². The number of hydrogen-bond acceptors (Lipinski definition) is 3. The second-order valence-corrected chi connectivity index (χ2v) is 7.21. The number of hydrogen-bond donors (Lipinski definition) is 1. The van der Waals surface area contributed by atoms with Gasteiger partial charge in [0, 0.05) is 20.0 Å². The van der Waals surface area contributed by atoms with Crippen LogP contribution in [-0.2, 0) is 11.2 Å². The van der Waals surface area contributed by atoms with Crippen molar-refractivity contribution in [2.45, 2.75) is 51.4 Å². The predicted molar refractivity (Wildman–Crippen MR) is 105 cm³/mol. The minimum atomic E-state index is 0. The monoisotopic (exact) mass is 368 g/mol. The van der Waals surface area contributed by atoms with Gasteiger partial charge in [-0.1, -0.05) is 31.4 Å². The van der Waals surface area contributed by atoms with E-state index in [2.05, 4.69) is 12.1 Å². The lowest BCUT2D eigenvalue weighted by Crippen LogP contribution is -2.39. The van der Waals surface area contributed by atoms with Crippen LogP contribution in [0.3, 0.4) is 0 Å². The number of benzene rings is 1. The van der Waals surface area contributed by atoms with Crippen molar-refractivity contribution < 1.29 is 9.53 Å². The zero-order valence-electron chi connectivity index (χ0n) is 15.6. The van der Waals surface area contributed by atoms with Crippen LogP contribution in [0, 0.1) is 5.41 Å². The fraction of sp³-hybridized carbons (Fsp3) is 0.650. The van der Waals surface area contributed by atoms with Gasteiger partial charge in [0.05, 0.1) is 7.11 Å². The second-order valence-electron chi connectivity index (χ2n) is 7.21. The molecule has 0 radical (unpaired) electrons. The molecule has 1 fully saturated rings. The molecule has 1 aliphatic carbocycles. The Bertz CT molecular complexity index is 513.